The first-order valence-electron chi connectivity index (χ1n) is 5.47. The second-order valence-electron chi connectivity index (χ2n) is 4.04. The summed E-state index contributed by atoms with van der Waals surface area (Å²) in [5, 5.41) is 0.242. The van der Waals surface area contributed by atoms with Crippen LogP contribution in [0.15, 0.2) is 42.5 Å². The number of hydrogen-bond acceptors (Lipinski definition) is 0. The largest absolute Gasteiger partial charge is 0.417 e. The summed E-state index contributed by atoms with van der Waals surface area (Å²) in [7, 11) is 0. The lowest BCUT2D eigenvalue weighted by molar-refractivity contribution is -0.137. The van der Waals surface area contributed by atoms with Crippen LogP contribution in [0.25, 0.3) is 0 Å². The standard InChI is InChI=1S/C14H9Cl2F3/c15-12-7-2-1-4-9(12)8-10-5-3-6-11(13(10)16)14(17,18)19/h1-7H,8H2. The Balaban J connectivity index is 2.40. The summed E-state index contributed by atoms with van der Waals surface area (Å²) in [6.45, 7) is 0. The van der Waals surface area contributed by atoms with Crippen molar-refractivity contribution in [3.63, 3.8) is 0 Å². The van der Waals surface area contributed by atoms with Crippen LogP contribution in [0.1, 0.15) is 16.7 Å². The van der Waals surface area contributed by atoms with Gasteiger partial charge in [0.25, 0.3) is 0 Å². The Morgan fingerprint density at radius 2 is 1.47 bits per heavy atom. The zero-order chi connectivity index (χ0) is 14.0. The summed E-state index contributed by atoms with van der Waals surface area (Å²) < 4.78 is 38.2. The van der Waals surface area contributed by atoms with Crippen molar-refractivity contribution < 1.29 is 13.2 Å². The van der Waals surface area contributed by atoms with Crippen LogP contribution in [0.4, 0.5) is 13.2 Å². The maximum atomic E-state index is 12.7. The predicted octanol–water partition coefficient (Wildman–Crippen LogP) is 5.60. The van der Waals surface area contributed by atoms with Gasteiger partial charge < -0.3 is 0 Å². The van der Waals surface area contributed by atoms with E-state index in [1.54, 1.807) is 30.3 Å². The minimum atomic E-state index is -4.45. The number of rotatable bonds is 2. The van der Waals surface area contributed by atoms with Gasteiger partial charge in [0.1, 0.15) is 0 Å². The lowest BCUT2D eigenvalue weighted by Gasteiger charge is -2.12. The van der Waals surface area contributed by atoms with Gasteiger partial charge in [-0.25, -0.2) is 0 Å². The van der Waals surface area contributed by atoms with Gasteiger partial charge in [-0.3, -0.25) is 0 Å². The van der Waals surface area contributed by atoms with Crippen molar-refractivity contribution in [3.8, 4) is 0 Å². The number of halogens is 5. The lowest BCUT2D eigenvalue weighted by Crippen LogP contribution is -2.07. The Morgan fingerprint density at radius 1 is 0.842 bits per heavy atom. The Bertz CT molecular complexity index is 591. The van der Waals surface area contributed by atoms with Crippen LogP contribution in [-0.4, -0.2) is 0 Å². The molecule has 0 aliphatic carbocycles. The average molecular weight is 305 g/mol. The summed E-state index contributed by atoms with van der Waals surface area (Å²) in [4.78, 5) is 0. The zero-order valence-corrected chi connectivity index (χ0v) is 11.2. The van der Waals surface area contributed by atoms with E-state index < -0.39 is 11.7 Å². The topological polar surface area (TPSA) is 0 Å². The highest BCUT2D eigenvalue weighted by molar-refractivity contribution is 6.32. The lowest BCUT2D eigenvalue weighted by atomic mass is 10.0. The molecule has 0 nitrogen and oxygen atoms in total. The summed E-state index contributed by atoms with van der Waals surface area (Å²) in [6.07, 6.45) is -4.18. The fraction of sp³-hybridized carbons (Fsp3) is 0.143. The molecule has 0 aliphatic rings. The van der Waals surface area contributed by atoms with Crippen LogP contribution in [0.2, 0.25) is 10.0 Å². The minimum absolute atomic E-state index is 0.266. The van der Waals surface area contributed by atoms with Crippen molar-refractivity contribution in [1.29, 1.82) is 0 Å². The Morgan fingerprint density at radius 3 is 2.11 bits per heavy atom. The van der Waals surface area contributed by atoms with Gasteiger partial charge in [0, 0.05) is 11.4 Å². The van der Waals surface area contributed by atoms with Gasteiger partial charge in [0.2, 0.25) is 0 Å². The van der Waals surface area contributed by atoms with Gasteiger partial charge in [-0.15, -0.1) is 0 Å². The molecule has 0 saturated carbocycles. The summed E-state index contributed by atoms with van der Waals surface area (Å²) in [6, 6.07) is 10.9. The van der Waals surface area contributed by atoms with Crippen molar-refractivity contribution in [2.24, 2.45) is 0 Å². The maximum Gasteiger partial charge on any atom is 0.417 e. The first-order chi connectivity index (χ1) is 8.89. The highest BCUT2D eigenvalue weighted by Gasteiger charge is 2.33. The molecule has 100 valence electrons. The highest BCUT2D eigenvalue weighted by atomic mass is 35.5. The van der Waals surface area contributed by atoms with Crippen LogP contribution >= 0.6 is 23.2 Å². The van der Waals surface area contributed by atoms with Gasteiger partial charge in [-0.2, -0.15) is 13.2 Å². The first-order valence-corrected chi connectivity index (χ1v) is 6.23. The Hall–Kier alpha value is -1.19. The van der Waals surface area contributed by atoms with E-state index in [0.717, 1.165) is 11.6 Å². The molecular weight excluding hydrogens is 296 g/mol. The van der Waals surface area contributed by atoms with E-state index in [1.807, 2.05) is 0 Å². The Labute approximate surface area is 118 Å². The molecule has 0 aromatic heterocycles. The van der Waals surface area contributed by atoms with Crippen LogP contribution in [-0.2, 0) is 12.6 Å². The minimum Gasteiger partial charge on any atom is -0.166 e. The molecule has 0 saturated heterocycles. The summed E-state index contributed by atoms with van der Waals surface area (Å²) >= 11 is 11.8. The number of hydrogen-bond donors (Lipinski definition) is 0. The molecule has 0 atom stereocenters. The van der Waals surface area contributed by atoms with Gasteiger partial charge in [-0.05, 0) is 23.3 Å². The molecule has 0 aliphatic heterocycles. The molecule has 0 spiro atoms. The molecule has 5 heteroatoms. The second-order valence-corrected chi connectivity index (χ2v) is 4.83. The third-order valence-corrected chi connectivity index (χ3v) is 3.54. The first kappa shape index (κ1) is 14.2. The predicted molar refractivity (Wildman–Crippen MR) is 70.7 cm³/mol. The number of benzene rings is 2. The monoisotopic (exact) mass is 304 g/mol. The third kappa shape index (κ3) is 3.23. The van der Waals surface area contributed by atoms with E-state index in [4.69, 9.17) is 23.2 Å². The van der Waals surface area contributed by atoms with E-state index >= 15 is 0 Å². The maximum absolute atomic E-state index is 12.7. The van der Waals surface area contributed by atoms with Gasteiger partial charge in [0.15, 0.2) is 0 Å². The van der Waals surface area contributed by atoms with Crippen molar-refractivity contribution in [2.45, 2.75) is 12.6 Å². The third-order valence-electron chi connectivity index (χ3n) is 2.72. The summed E-state index contributed by atoms with van der Waals surface area (Å²) in [5.74, 6) is 0. The van der Waals surface area contributed by atoms with Gasteiger partial charge in [0.05, 0.1) is 10.6 Å². The molecule has 0 radical (unpaired) electrons. The molecule has 0 fully saturated rings. The SMILES string of the molecule is FC(F)(F)c1cccc(Cc2ccccc2Cl)c1Cl. The molecule has 2 rings (SSSR count). The van der Waals surface area contributed by atoms with Crippen LogP contribution < -0.4 is 0 Å². The second kappa shape index (κ2) is 5.43. The van der Waals surface area contributed by atoms with Crippen molar-refractivity contribution >= 4 is 23.2 Å². The Kier molecular flexibility index (Phi) is 4.07. The van der Waals surface area contributed by atoms with E-state index in [0.29, 0.717) is 10.6 Å². The fourth-order valence-electron chi connectivity index (χ4n) is 1.78. The van der Waals surface area contributed by atoms with Crippen molar-refractivity contribution in [2.75, 3.05) is 0 Å². The van der Waals surface area contributed by atoms with E-state index in [9.17, 15) is 13.2 Å². The molecule has 0 heterocycles. The average Bonchev–Trinajstić information content (AvgIpc) is 2.33. The van der Waals surface area contributed by atoms with Crippen LogP contribution in [0.3, 0.4) is 0 Å². The van der Waals surface area contributed by atoms with Crippen LogP contribution in [0, 0.1) is 0 Å². The quantitative estimate of drug-likeness (QED) is 0.677. The molecule has 19 heavy (non-hydrogen) atoms. The normalized spacial score (nSPS) is 11.6. The summed E-state index contributed by atoms with van der Waals surface area (Å²) in [5.41, 5.74) is 0.328. The van der Waals surface area contributed by atoms with Crippen molar-refractivity contribution in [3.05, 3.63) is 69.2 Å². The molecule has 0 amide bonds. The molecular formula is C14H9Cl2F3. The van der Waals surface area contributed by atoms with Gasteiger partial charge >= 0.3 is 6.18 Å². The van der Waals surface area contributed by atoms with E-state index in [2.05, 4.69) is 0 Å². The zero-order valence-electron chi connectivity index (χ0n) is 9.64. The van der Waals surface area contributed by atoms with E-state index in [-0.39, 0.29) is 11.4 Å². The highest BCUT2D eigenvalue weighted by Crippen LogP contribution is 2.37. The van der Waals surface area contributed by atoms with Crippen LogP contribution in [0.5, 0.6) is 0 Å². The molecule has 0 N–H and O–H groups in total. The molecule has 2 aromatic carbocycles. The molecule has 0 unspecified atom stereocenters. The molecule has 0 bridgehead atoms. The fourth-order valence-corrected chi connectivity index (χ4v) is 2.28. The van der Waals surface area contributed by atoms with E-state index in [1.165, 1.54) is 6.07 Å². The molecule has 2 aromatic rings. The van der Waals surface area contributed by atoms with Crippen molar-refractivity contribution in [1.82, 2.24) is 0 Å². The van der Waals surface area contributed by atoms with Gasteiger partial charge in [-0.1, -0.05) is 53.5 Å². The smallest absolute Gasteiger partial charge is 0.166 e. The number of alkyl halides is 3.